The van der Waals surface area contributed by atoms with Crippen molar-refractivity contribution in [2.45, 2.75) is 12.5 Å². The van der Waals surface area contributed by atoms with Crippen molar-refractivity contribution < 1.29 is 19.1 Å². The highest BCUT2D eigenvalue weighted by atomic mass is 79.9. The molecule has 1 N–H and O–H groups in total. The lowest BCUT2D eigenvalue weighted by Gasteiger charge is -2.22. The van der Waals surface area contributed by atoms with Gasteiger partial charge < -0.3 is 10.1 Å². The lowest BCUT2D eigenvalue weighted by atomic mass is 9.92. The molecule has 7 heteroatoms. The molecule has 0 bridgehead atoms. The molecule has 0 radical (unpaired) electrons. The molecule has 134 valence electrons. The second kappa shape index (κ2) is 6.92. The predicted molar refractivity (Wildman–Crippen MR) is 99.1 cm³/mol. The van der Waals surface area contributed by atoms with Gasteiger partial charge in [0.15, 0.2) is 5.78 Å². The molecule has 0 saturated carbocycles. The summed E-state index contributed by atoms with van der Waals surface area (Å²) in [6, 6.07) is 13.2. The van der Waals surface area contributed by atoms with Gasteiger partial charge in [0.05, 0.1) is 13.7 Å². The Morgan fingerprint density at radius 3 is 2.62 bits per heavy atom. The summed E-state index contributed by atoms with van der Waals surface area (Å²) in [5.41, 5.74) is -0.197. The van der Waals surface area contributed by atoms with Gasteiger partial charge in [-0.15, -0.1) is 0 Å². The van der Waals surface area contributed by atoms with Crippen molar-refractivity contribution in [1.29, 1.82) is 0 Å². The molecule has 0 aliphatic carbocycles. The number of benzene rings is 2. The fourth-order valence-electron chi connectivity index (χ4n) is 2.87. The van der Waals surface area contributed by atoms with E-state index in [0.717, 1.165) is 9.37 Å². The van der Waals surface area contributed by atoms with Crippen LogP contribution in [0.5, 0.6) is 5.75 Å². The van der Waals surface area contributed by atoms with Crippen molar-refractivity contribution in [3.63, 3.8) is 0 Å². The average Bonchev–Trinajstić information content (AvgIpc) is 2.86. The number of halogens is 1. The number of ether oxygens (including phenoxy) is 1. The van der Waals surface area contributed by atoms with Crippen LogP contribution in [0, 0.1) is 0 Å². The maximum atomic E-state index is 12.9. The topological polar surface area (TPSA) is 75.7 Å². The number of nitrogens with zero attached hydrogens (tertiary/aromatic N) is 1. The third kappa shape index (κ3) is 3.22. The van der Waals surface area contributed by atoms with Gasteiger partial charge in [0.1, 0.15) is 11.3 Å². The zero-order valence-corrected chi connectivity index (χ0v) is 15.9. The normalized spacial score (nSPS) is 19.4. The SMILES string of the molecule is COc1cccc(C(=O)CN2C(=O)NC(C)(c3cccc(Br)c3)C2=O)c1. The Morgan fingerprint density at radius 1 is 1.19 bits per heavy atom. The molecule has 1 unspecified atom stereocenters. The molecule has 2 aromatic rings. The lowest BCUT2D eigenvalue weighted by molar-refractivity contribution is -0.130. The van der Waals surface area contributed by atoms with E-state index < -0.39 is 17.5 Å². The molecule has 0 spiro atoms. The van der Waals surface area contributed by atoms with Crippen LogP contribution in [0.4, 0.5) is 4.79 Å². The van der Waals surface area contributed by atoms with Gasteiger partial charge in [-0.25, -0.2) is 4.79 Å². The van der Waals surface area contributed by atoms with Crippen LogP contribution in [0.2, 0.25) is 0 Å². The molecule has 3 amide bonds. The molecule has 0 aromatic heterocycles. The van der Waals surface area contributed by atoms with Crippen LogP contribution in [0.15, 0.2) is 53.0 Å². The average molecular weight is 417 g/mol. The number of imide groups is 1. The monoisotopic (exact) mass is 416 g/mol. The highest BCUT2D eigenvalue weighted by Gasteiger charge is 2.49. The number of hydrogen-bond acceptors (Lipinski definition) is 4. The fraction of sp³-hybridized carbons (Fsp3) is 0.211. The Balaban J connectivity index is 1.84. The second-order valence-electron chi connectivity index (χ2n) is 6.11. The van der Waals surface area contributed by atoms with Crippen LogP contribution in [-0.2, 0) is 10.3 Å². The summed E-state index contributed by atoms with van der Waals surface area (Å²) in [6.07, 6.45) is 0. The maximum Gasteiger partial charge on any atom is 0.325 e. The van der Waals surface area contributed by atoms with Crippen LogP contribution in [-0.4, -0.2) is 36.3 Å². The largest absolute Gasteiger partial charge is 0.497 e. The molecular weight excluding hydrogens is 400 g/mol. The molecule has 1 aliphatic rings. The Kier molecular flexibility index (Phi) is 4.82. The minimum atomic E-state index is -1.21. The number of hydrogen-bond donors (Lipinski definition) is 1. The number of nitrogens with one attached hydrogen (secondary N) is 1. The van der Waals surface area contributed by atoms with Gasteiger partial charge >= 0.3 is 6.03 Å². The predicted octanol–water partition coefficient (Wildman–Crippen LogP) is 3.11. The summed E-state index contributed by atoms with van der Waals surface area (Å²) in [4.78, 5) is 38.7. The third-order valence-electron chi connectivity index (χ3n) is 4.37. The summed E-state index contributed by atoms with van der Waals surface area (Å²) >= 11 is 3.36. The second-order valence-corrected chi connectivity index (χ2v) is 7.03. The van der Waals surface area contributed by atoms with Crippen molar-refractivity contribution in [2.24, 2.45) is 0 Å². The van der Waals surface area contributed by atoms with Crippen molar-refractivity contribution in [1.82, 2.24) is 10.2 Å². The summed E-state index contributed by atoms with van der Waals surface area (Å²) in [7, 11) is 1.50. The number of urea groups is 1. The first-order valence-corrected chi connectivity index (χ1v) is 8.72. The molecule has 1 heterocycles. The minimum Gasteiger partial charge on any atom is -0.497 e. The zero-order chi connectivity index (χ0) is 18.9. The van der Waals surface area contributed by atoms with Crippen LogP contribution in [0.1, 0.15) is 22.8 Å². The number of methoxy groups -OCH3 is 1. The van der Waals surface area contributed by atoms with Crippen molar-refractivity contribution >= 4 is 33.7 Å². The third-order valence-corrected chi connectivity index (χ3v) is 4.86. The maximum absolute atomic E-state index is 12.9. The number of carbonyl (C=O) groups is 3. The van der Waals surface area contributed by atoms with E-state index in [1.165, 1.54) is 7.11 Å². The smallest absolute Gasteiger partial charge is 0.325 e. The first-order valence-electron chi connectivity index (χ1n) is 7.92. The Morgan fingerprint density at radius 2 is 1.92 bits per heavy atom. The highest BCUT2D eigenvalue weighted by Crippen LogP contribution is 2.30. The molecule has 1 atom stereocenters. The van der Waals surface area contributed by atoms with Gasteiger partial charge in [0.25, 0.3) is 5.91 Å². The summed E-state index contributed by atoms with van der Waals surface area (Å²) < 4.78 is 5.90. The van der Waals surface area contributed by atoms with E-state index in [-0.39, 0.29) is 12.3 Å². The molecule has 1 fully saturated rings. The van der Waals surface area contributed by atoms with E-state index in [0.29, 0.717) is 16.9 Å². The van der Waals surface area contributed by atoms with Gasteiger partial charge in [-0.05, 0) is 36.8 Å². The van der Waals surface area contributed by atoms with E-state index in [4.69, 9.17) is 4.74 Å². The van der Waals surface area contributed by atoms with Gasteiger partial charge in [0, 0.05) is 10.0 Å². The number of carbonyl (C=O) groups excluding carboxylic acids is 3. The molecule has 6 nitrogen and oxygen atoms in total. The molecule has 2 aromatic carbocycles. The van der Waals surface area contributed by atoms with Crippen molar-refractivity contribution in [3.8, 4) is 5.75 Å². The van der Waals surface area contributed by atoms with Crippen LogP contribution >= 0.6 is 15.9 Å². The standard InChI is InChI=1S/C19H17BrN2O4/c1-19(13-6-4-7-14(20)10-13)17(24)22(18(25)21-19)11-16(23)12-5-3-8-15(9-12)26-2/h3-10H,11H2,1-2H3,(H,21,25). The summed E-state index contributed by atoms with van der Waals surface area (Å²) in [6.45, 7) is 1.30. The van der Waals surface area contributed by atoms with Crippen LogP contribution < -0.4 is 10.1 Å². The quantitative estimate of drug-likeness (QED) is 0.599. The number of ketones is 1. The number of Topliss-reactive ketones (excluding diaryl/α,β-unsaturated/α-hetero) is 1. The molecule has 26 heavy (non-hydrogen) atoms. The van der Waals surface area contributed by atoms with E-state index in [1.54, 1.807) is 49.4 Å². The first-order chi connectivity index (χ1) is 12.3. The molecular formula is C19H17BrN2O4. The zero-order valence-electron chi connectivity index (χ0n) is 14.3. The Labute approximate surface area is 159 Å². The molecule has 3 rings (SSSR count). The van der Waals surface area contributed by atoms with E-state index in [2.05, 4.69) is 21.2 Å². The number of rotatable bonds is 5. The minimum absolute atomic E-state index is 0.332. The molecule has 1 aliphatic heterocycles. The summed E-state index contributed by atoms with van der Waals surface area (Å²) in [5.74, 6) is -0.269. The van der Waals surface area contributed by atoms with E-state index in [9.17, 15) is 14.4 Å². The molecule has 1 saturated heterocycles. The van der Waals surface area contributed by atoms with Gasteiger partial charge in [-0.2, -0.15) is 0 Å². The van der Waals surface area contributed by atoms with Crippen molar-refractivity contribution in [2.75, 3.05) is 13.7 Å². The summed E-state index contributed by atoms with van der Waals surface area (Å²) in [5, 5.41) is 2.69. The first kappa shape index (κ1) is 18.1. The highest BCUT2D eigenvalue weighted by molar-refractivity contribution is 9.10. The van der Waals surface area contributed by atoms with Crippen LogP contribution in [0.25, 0.3) is 0 Å². The van der Waals surface area contributed by atoms with Gasteiger partial charge in [-0.1, -0.05) is 40.2 Å². The Hall–Kier alpha value is -2.67. The number of amides is 3. The van der Waals surface area contributed by atoms with E-state index >= 15 is 0 Å². The van der Waals surface area contributed by atoms with Crippen LogP contribution in [0.3, 0.4) is 0 Å². The van der Waals surface area contributed by atoms with Gasteiger partial charge in [-0.3, -0.25) is 14.5 Å². The van der Waals surface area contributed by atoms with Gasteiger partial charge in [0.2, 0.25) is 0 Å². The lowest BCUT2D eigenvalue weighted by Crippen LogP contribution is -2.41. The van der Waals surface area contributed by atoms with Crippen molar-refractivity contribution in [3.05, 3.63) is 64.1 Å². The Bertz CT molecular complexity index is 899. The fourth-order valence-corrected chi connectivity index (χ4v) is 3.27. The van der Waals surface area contributed by atoms with E-state index in [1.807, 2.05) is 6.07 Å².